The van der Waals surface area contributed by atoms with Gasteiger partial charge in [-0.25, -0.2) is 0 Å². The highest BCUT2D eigenvalue weighted by Gasteiger charge is 2.34. The molecule has 1 rings (SSSR count). The van der Waals surface area contributed by atoms with Crippen molar-refractivity contribution >= 4 is 11.9 Å². The smallest absolute Gasteiger partial charge is 0.314 e. The summed E-state index contributed by atoms with van der Waals surface area (Å²) in [7, 11) is 0. The third-order valence-corrected chi connectivity index (χ3v) is 2.94. The normalized spacial score (nSPS) is 24.0. The first-order valence-electron chi connectivity index (χ1n) is 5.93. The van der Waals surface area contributed by atoms with Gasteiger partial charge in [-0.15, -0.1) is 6.58 Å². The minimum atomic E-state index is -0.958. The van der Waals surface area contributed by atoms with Gasteiger partial charge >= 0.3 is 11.9 Å². The standard InChI is InChI=1S/C14H18O4/c1-3-7-10(4-2)18-14(17)12-9-6-5-8-11(12)13(15)16/h3-4,6,9-12H,1-2,5,7-8H2,(H,15,16). The maximum absolute atomic E-state index is 11.9. The van der Waals surface area contributed by atoms with E-state index in [-0.39, 0.29) is 0 Å². The van der Waals surface area contributed by atoms with Crippen LogP contribution in [0.1, 0.15) is 19.3 Å². The quantitative estimate of drug-likeness (QED) is 0.580. The van der Waals surface area contributed by atoms with Gasteiger partial charge in [-0.2, -0.15) is 0 Å². The highest BCUT2D eigenvalue weighted by Crippen LogP contribution is 2.26. The van der Waals surface area contributed by atoms with E-state index < -0.39 is 29.9 Å². The number of allylic oxidation sites excluding steroid dienone is 1. The van der Waals surface area contributed by atoms with Crippen LogP contribution in [-0.2, 0) is 14.3 Å². The van der Waals surface area contributed by atoms with Gasteiger partial charge in [-0.05, 0) is 12.8 Å². The first-order chi connectivity index (χ1) is 8.60. The number of hydrogen-bond acceptors (Lipinski definition) is 3. The van der Waals surface area contributed by atoms with Crippen molar-refractivity contribution in [1.29, 1.82) is 0 Å². The summed E-state index contributed by atoms with van der Waals surface area (Å²) < 4.78 is 5.22. The van der Waals surface area contributed by atoms with E-state index in [1.165, 1.54) is 6.08 Å². The summed E-state index contributed by atoms with van der Waals surface area (Å²) in [5, 5.41) is 9.07. The molecule has 0 saturated heterocycles. The van der Waals surface area contributed by atoms with Crippen LogP contribution < -0.4 is 0 Å². The van der Waals surface area contributed by atoms with E-state index in [0.717, 1.165) is 0 Å². The summed E-state index contributed by atoms with van der Waals surface area (Å²) in [5.74, 6) is -2.87. The number of carboxylic acid groups (broad SMARTS) is 1. The molecule has 18 heavy (non-hydrogen) atoms. The molecule has 0 radical (unpaired) electrons. The molecular weight excluding hydrogens is 232 g/mol. The van der Waals surface area contributed by atoms with E-state index in [1.54, 1.807) is 12.2 Å². The average molecular weight is 250 g/mol. The zero-order chi connectivity index (χ0) is 13.5. The molecule has 0 saturated carbocycles. The van der Waals surface area contributed by atoms with Gasteiger partial charge in [0.25, 0.3) is 0 Å². The first kappa shape index (κ1) is 14.2. The van der Waals surface area contributed by atoms with Crippen molar-refractivity contribution in [3.63, 3.8) is 0 Å². The molecule has 0 aromatic carbocycles. The number of carbonyl (C=O) groups is 2. The molecule has 1 aliphatic carbocycles. The van der Waals surface area contributed by atoms with Crippen molar-refractivity contribution < 1.29 is 19.4 Å². The highest BCUT2D eigenvalue weighted by molar-refractivity contribution is 5.83. The van der Waals surface area contributed by atoms with E-state index in [2.05, 4.69) is 13.2 Å². The maximum atomic E-state index is 11.9. The lowest BCUT2D eigenvalue weighted by Gasteiger charge is -2.24. The van der Waals surface area contributed by atoms with Crippen LogP contribution in [0.5, 0.6) is 0 Å². The first-order valence-corrected chi connectivity index (χ1v) is 5.93. The predicted molar refractivity (Wildman–Crippen MR) is 67.9 cm³/mol. The number of carboxylic acids is 1. The van der Waals surface area contributed by atoms with Crippen LogP contribution in [0.2, 0.25) is 0 Å². The lowest BCUT2D eigenvalue weighted by Crippen LogP contribution is -2.33. The van der Waals surface area contributed by atoms with Crippen molar-refractivity contribution in [2.24, 2.45) is 11.8 Å². The number of rotatable bonds is 6. The Balaban J connectivity index is 2.71. The Hall–Kier alpha value is -1.84. The third kappa shape index (κ3) is 3.58. The number of hydrogen-bond donors (Lipinski definition) is 1. The predicted octanol–water partition coefficient (Wildman–Crippen LogP) is 2.33. The van der Waals surface area contributed by atoms with E-state index >= 15 is 0 Å². The molecule has 1 N–H and O–H groups in total. The van der Waals surface area contributed by atoms with E-state index in [9.17, 15) is 9.59 Å². The number of ether oxygens (including phenoxy) is 1. The van der Waals surface area contributed by atoms with Crippen LogP contribution >= 0.6 is 0 Å². The molecule has 0 aromatic rings. The highest BCUT2D eigenvalue weighted by atomic mass is 16.5. The fourth-order valence-electron chi connectivity index (χ4n) is 1.94. The van der Waals surface area contributed by atoms with Crippen molar-refractivity contribution in [2.75, 3.05) is 0 Å². The zero-order valence-corrected chi connectivity index (χ0v) is 10.2. The SMILES string of the molecule is C=CCC(C=C)OC(=O)C1C=CCCC1C(=O)O. The minimum Gasteiger partial charge on any atom is -0.481 e. The van der Waals surface area contributed by atoms with Crippen LogP contribution in [0.15, 0.2) is 37.5 Å². The maximum Gasteiger partial charge on any atom is 0.314 e. The van der Waals surface area contributed by atoms with Crippen LogP contribution in [-0.4, -0.2) is 23.1 Å². The molecule has 4 nitrogen and oxygen atoms in total. The Morgan fingerprint density at radius 3 is 2.78 bits per heavy atom. The number of esters is 1. The fraction of sp³-hybridized carbons (Fsp3) is 0.429. The fourth-order valence-corrected chi connectivity index (χ4v) is 1.94. The Kier molecular flexibility index (Phi) is 5.36. The number of aliphatic carboxylic acids is 1. The molecule has 4 heteroatoms. The molecule has 0 amide bonds. The lowest BCUT2D eigenvalue weighted by molar-refractivity contribution is -0.158. The van der Waals surface area contributed by atoms with Crippen molar-refractivity contribution in [1.82, 2.24) is 0 Å². The molecular formula is C14H18O4. The summed E-state index contributed by atoms with van der Waals surface area (Å²) in [6, 6.07) is 0. The van der Waals surface area contributed by atoms with E-state index in [1.807, 2.05) is 6.08 Å². The summed E-state index contributed by atoms with van der Waals surface area (Å²) >= 11 is 0. The van der Waals surface area contributed by atoms with Gasteiger partial charge in [0.05, 0.1) is 11.8 Å². The zero-order valence-electron chi connectivity index (χ0n) is 10.2. The summed E-state index contributed by atoms with van der Waals surface area (Å²) in [5.41, 5.74) is 0. The minimum absolute atomic E-state index is 0.445. The van der Waals surface area contributed by atoms with Gasteiger partial charge in [0.1, 0.15) is 6.10 Å². The second-order valence-corrected chi connectivity index (χ2v) is 4.21. The van der Waals surface area contributed by atoms with Gasteiger partial charge in [0.15, 0.2) is 0 Å². The monoisotopic (exact) mass is 250 g/mol. The van der Waals surface area contributed by atoms with Gasteiger partial charge < -0.3 is 9.84 Å². The van der Waals surface area contributed by atoms with Crippen LogP contribution in [0, 0.1) is 11.8 Å². The van der Waals surface area contributed by atoms with E-state index in [0.29, 0.717) is 19.3 Å². The van der Waals surface area contributed by atoms with Crippen molar-refractivity contribution in [2.45, 2.75) is 25.4 Å². The summed E-state index contributed by atoms with van der Waals surface area (Å²) in [6.45, 7) is 7.14. The molecule has 1 aliphatic rings. The second-order valence-electron chi connectivity index (χ2n) is 4.21. The molecule has 3 atom stereocenters. The van der Waals surface area contributed by atoms with Gasteiger partial charge in [-0.1, -0.05) is 30.9 Å². The van der Waals surface area contributed by atoms with Gasteiger partial charge in [-0.3, -0.25) is 9.59 Å². The molecule has 0 spiro atoms. The van der Waals surface area contributed by atoms with Gasteiger partial charge in [0, 0.05) is 6.42 Å². The largest absolute Gasteiger partial charge is 0.481 e. The lowest BCUT2D eigenvalue weighted by atomic mass is 9.84. The topological polar surface area (TPSA) is 63.6 Å². The molecule has 0 heterocycles. The third-order valence-electron chi connectivity index (χ3n) is 2.94. The van der Waals surface area contributed by atoms with Gasteiger partial charge in [0.2, 0.25) is 0 Å². The van der Waals surface area contributed by atoms with Crippen molar-refractivity contribution in [3.8, 4) is 0 Å². The van der Waals surface area contributed by atoms with Crippen LogP contribution in [0.4, 0.5) is 0 Å². The summed E-state index contributed by atoms with van der Waals surface area (Å²) in [6.07, 6.45) is 7.76. The average Bonchev–Trinajstić information content (AvgIpc) is 2.38. The van der Waals surface area contributed by atoms with Crippen LogP contribution in [0.25, 0.3) is 0 Å². The number of carbonyl (C=O) groups excluding carboxylic acids is 1. The Morgan fingerprint density at radius 1 is 1.50 bits per heavy atom. The molecule has 0 bridgehead atoms. The Morgan fingerprint density at radius 2 is 2.22 bits per heavy atom. The van der Waals surface area contributed by atoms with E-state index in [4.69, 9.17) is 9.84 Å². The Labute approximate surface area is 107 Å². The second kappa shape index (κ2) is 6.79. The molecule has 98 valence electrons. The van der Waals surface area contributed by atoms with Crippen molar-refractivity contribution in [3.05, 3.63) is 37.5 Å². The van der Waals surface area contributed by atoms with Crippen LogP contribution in [0.3, 0.4) is 0 Å². The molecule has 0 aromatic heterocycles. The molecule has 0 fully saturated rings. The summed E-state index contributed by atoms with van der Waals surface area (Å²) in [4.78, 5) is 23.0. The molecule has 3 unspecified atom stereocenters. The molecule has 0 aliphatic heterocycles. The Bertz CT molecular complexity index is 370.